The number of hydrogen-bond acceptors (Lipinski definition) is 9. The summed E-state index contributed by atoms with van der Waals surface area (Å²) < 4.78 is 34.6. The van der Waals surface area contributed by atoms with E-state index in [2.05, 4.69) is 16.8 Å². The first kappa shape index (κ1) is 20.0. The summed E-state index contributed by atoms with van der Waals surface area (Å²) in [6.07, 6.45) is -1.85. The van der Waals surface area contributed by atoms with E-state index in [-0.39, 0.29) is 18.8 Å². The number of rotatable bonds is 5. The van der Waals surface area contributed by atoms with Crippen molar-refractivity contribution < 1.29 is 33.3 Å². The van der Waals surface area contributed by atoms with Gasteiger partial charge in [-0.25, -0.2) is 4.79 Å². The molecule has 0 aliphatic carbocycles. The van der Waals surface area contributed by atoms with Crippen LogP contribution in [0.3, 0.4) is 0 Å². The van der Waals surface area contributed by atoms with E-state index < -0.39 is 49.5 Å². The lowest BCUT2D eigenvalue weighted by molar-refractivity contribution is -0.208. The normalized spacial score (nSPS) is 31.3. The largest absolute Gasteiger partial charge is 0.779 e. The standard InChI is InChI=1S/C15H19N2O9P/c1-23-7-15-8-24-10(11(15)26-27(2,21)22)13(25-15)17-6-9(4-3-5-18)12(19)16-14(17)20/h6,10-11,13,18H,5,7-8H2,1-2H3,(H,21,22)(H,16,19,20)/p-1/t10?,11-,13+,15+/m0/s1. The number of hydrogen-bond donors (Lipinski definition) is 2. The molecule has 0 radical (unpaired) electrons. The van der Waals surface area contributed by atoms with Crippen LogP contribution < -0.4 is 16.1 Å². The van der Waals surface area contributed by atoms with Crippen LogP contribution in [0, 0.1) is 11.8 Å². The van der Waals surface area contributed by atoms with Crippen molar-refractivity contribution in [3.8, 4) is 11.8 Å². The number of methoxy groups -OCH3 is 1. The first-order chi connectivity index (χ1) is 12.7. The van der Waals surface area contributed by atoms with Gasteiger partial charge in [0.05, 0.1) is 13.2 Å². The van der Waals surface area contributed by atoms with Gasteiger partial charge in [0.2, 0.25) is 0 Å². The molecular weight excluding hydrogens is 383 g/mol. The van der Waals surface area contributed by atoms with Gasteiger partial charge in [0, 0.05) is 20.0 Å². The second-order valence-electron chi connectivity index (χ2n) is 6.25. The number of aliphatic hydroxyl groups is 1. The minimum atomic E-state index is -4.14. The van der Waals surface area contributed by atoms with Crippen molar-refractivity contribution in [3.05, 3.63) is 32.6 Å². The molecule has 2 aliphatic rings. The molecule has 0 amide bonds. The van der Waals surface area contributed by atoms with Crippen LogP contribution in [0.5, 0.6) is 0 Å². The van der Waals surface area contributed by atoms with Gasteiger partial charge >= 0.3 is 5.69 Å². The summed E-state index contributed by atoms with van der Waals surface area (Å²) in [4.78, 5) is 37.9. The van der Waals surface area contributed by atoms with Crippen molar-refractivity contribution in [1.82, 2.24) is 9.55 Å². The van der Waals surface area contributed by atoms with Crippen LogP contribution in [0.25, 0.3) is 0 Å². The Morgan fingerprint density at radius 2 is 2.30 bits per heavy atom. The van der Waals surface area contributed by atoms with Crippen molar-refractivity contribution in [3.63, 3.8) is 0 Å². The third-order valence-corrected chi connectivity index (χ3v) is 4.82. The van der Waals surface area contributed by atoms with E-state index in [1.165, 1.54) is 13.3 Å². The van der Waals surface area contributed by atoms with E-state index in [1.54, 1.807) is 0 Å². The van der Waals surface area contributed by atoms with Gasteiger partial charge in [-0.3, -0.25) is 14.3 Å². The number of nitrogens with one attached hydrogen (secondary N) is 1. The molecule has 0 aromatic carbocycles. The Hall–Kier alpha value is -1.77. The molecule has 3 heterocycles. The van der Waals surface area contributed by atoms with E-state index >= 15 is 0 Å². The topological polar surface area (TPSA) is 152 Å². The van der Waals surface area contributed by atoms with Gasteiger partial charge in [0.25, 0.3) is 5.56 Å². The van der Waals surface area contributed by atoms with Crippen LogP contribution in [0.1, 0.15) is 11.8 Å². The van der Waals surface area contributed by atoms with Gasteiger partial charge in [-0.15, -0.1) is 0 Å². The minimum absolute atomic E-state index is 0.0158. The molecule has 27 heavy (non-hydrogen) atoms. The minimum Gasteiger partial charge on any atom is -0.779 e. The molecule has 1 aromatic heterocycles. The Morgan fingerprint density at radius 3 is 2.93 bits per heavy atom. The van der Waals surface area contributed by atoms with E-state index in [9.17, 15) is 19.0 Å². The predicted molar refractivity (Wildman–Crippen MR) is 88.2 cm³/mol. The van der Waals surface area contributed by atoms with Crippen LogP contribution in [0.2, 0.25) is 0 Å². The molecule has 12 heteroatoms. The third-order valence-electron chi connectivity index (χ3n) is 4.21. The lowest BCUT2D eigenvalue weighted by Crippen LogP contribution is -2.46. The van der Waals surface area contributed by atoms with Gasteiger partial charge in [0.1, 0.15) is 37.6 Å². The first-order valence-electron chi connectivity index (χ1n) is 7.91. The number of aromatic nitrogens is 2. The molecule has 2 unspecified atom stereocenters. The SMILES string of the molecule is COC[C@]12COC([C@H](n3cc(C#CCO)c(=O)[nH]c3=O)O1)[C@@H]2OP(C)(=O)[O-]. The molecule has 0 spiro atoms. The molecular formula is C15H18N2O9P-. The van der Waals surface area contributed by atoms with Crippen molar-refractivity contribution in [2.75, 3.05) is 33.6 Å². The number of nitrogens with zero attached hydrogens (tertiary/aromatic N) is 1. The number of fused-ring (bicyclic) bond motifs is 2. The zero-order chi connectivity index (χ0) is 19.8. The van der Waals surface area contributed by atoms with Crippen LogP contribution in [-0.2, 0) is 23.3 Å². The van der Waals surface area contributed by atoms with Gasteiger partial charge in [0.15, 0.2) is 6.23 Å². The summed E-state index contributed by atoms with van der Waals surface area (Å²) >= 11 is 0. The maximum Gasteiger partial charge on any atom is 0.330 e. The van der Waals surface area contributed by atoms with Gasteiger partial charge in [-0.2, -0.15) is 0 Å². The summed E-state index contributed by atoms with van der Waals surface area (Å²) in [5.74, 6) is 4.75. The first-order valence-corrected chi connectivity index (χ1v) is 9.90. The number of aromatic amines is 1. The van der Waals surface area contributed by atoms with E-state index in [0.29, 0.717) is 0 Å². The number of aliphatic hydroxyl groups excluding tert-OH is 1. The van der Waals surface area contributed by atoms with Crippen molar-refractivity contribution in [2.45, 2.75) is 24.0 Å². The molecule has 0 saturated carbocycles. The molecule has 2 N–H and O–H groups in total. The highest BCUT2D eigenvalue weighted by atomic mass is 31.2. The van der Waals surface area contributed by atoms with Gasteiger partial charge < -0.3 is 33.3 Å². The highest BCUT2D eigenvalue weighted by Gasteiger charge is 2.64. The summed E-state index contributed by atoms with van der Waals surface area (Å²) in [6, 6.07) is 0. The summed E-state index contributed by atoms with van der Waals surface area (Å²) in [6.45, 7) is 0.448. The fraction of sp³-hybridized carbons (Fsp3) is 0.600. The van der Waals surface area contributed by atoms with Gasteiger partial charge in [-0.1, -0.05) is 11.8 Å². The zero-order valence-corrected chi connectivity index (χ0v) is 15.4. The highest BCUT2D eigenvalue weighted by Crippen LogP contribution is 2.51. The van der Waals surface area contributed by atoms with Crippen LogP contribution in [0.4, 0.5) is 0 Å². The van der Waals surface area contributed by atoms with E-state index in [0.717, 1.165) is 11.2 Å². The smallest absolute Gasteiger partial charge is 0.330 e. The Bertz CT molecular complexity index is 939. The number of H-pyrrole nitrogens is 1. The Labute approximate surface area is 153 Å². The third kappa shape index (κ3) is 3.79. The van der Waals surface area contributed by atoms with Crippen molar-refractivity contribution in [2.24, 2.45) is 0 Å². The fourth-order valence-electron chi connectivity index (χ4n) is 3.22. The number of ether oxygens (including phenoxy) is 3. The van der Waals surface area contributed by atoms with Crippen LogP contribution in [0.15, 0.2) is 15.8 Å². The van der Waals surface area contributed by atoms with Crippen molar-refractivity contribution >= 4 is 7.60 Å². The summed E-state index contributed by atoms with van der Waals surface area (Å²) in [5, 5.41) is 8.79. The maximum atomic E-state index is 12.3. The van der Waals surface area contributed by atoms with Crippen LogP contribution >= 0.6 is 7.60 Å². The molecule has 11 nitrogen and oxygen atoms in total. The van der Waals surface area contributed by atoms with Crippen LogP contribution in [-0.4, -0.2) is 66.1 Å². The second-order valence-corrected chi connectivity index (χ2v) is 8.00. The summed E-state index contributed by atoms with van der Waals surface area (Å²) in [7, 11) is -2.73. The van der Waals surface area contributed by atoms with Gasteiger partial charge in [-0.05, 0) is 0 Å². The maximum absolute atomic E-state index is 12.3. The molecule has 2 saturated heterocycles. The monoisotopic (exact) mass is 401 g/mol. The Kier molecular flexibility index (Phi) is 5.42. The average Bonchev–Trinajstić information content (AvgIpc) is 3.04. The Balaban J connectivity index is 2.03. The molecule has 2 fully saturated rings. The quantitative estimate of drug-likeness (QED) is 0.412. The van der Waals surface area contributed by atoms with Crippen molar-refractivity contribution in [1.29, 1.82) is 0 Å². The Morgan fingerprint density at radius 1 is 1.56 bits per heavy atom. The molecule has 5 atom stereocenters. The zero-order valence-electron chi connectivity index (χ0n) is 14.5. The second kappa shape index (κ2) is 7.33. The molecule has 1 aromatic rings. The molecule has 148 valence electrons. The van der Waals surface area contributed by atoms with E-state index in [1.807, 2.05) is 0 Å². The molecule has 2 aliphatic heterocycles. The predicted octanol–water partition coefficient (Wildman–Crippen LogP) is -2.24. The van der Waals surface area contributed by atoms with E-state index in [4.69, 9.17) is 23.8 Å². The lowest BCUT2D eigenvalue weighted by atomic mass is 10.0. The highest BCUT2D eigenvalue weighted by molar-refractivity contribution is 7.50. The summed E-state index contributed by atoms with van der Waals surface area (Å²) in [5.41, 5.74) is -2.81. The fourth-order valence-corrected chi connectivity index (χ4v) is 3.95. The average molecular weight is 401 g/mol. The molecule has 2 bridgehead atoms. The molecule has 3 rings (SSSR count). The lowest BCUT2D eigenvalue weighted by Gasteiger charge is -2.32.